The first kappa shape index (κ1) is 18.2. The molecule has 1 unspecified atom stereocenters. The Morgan fingerprint density at radius 1 is 1.26 bits per heavy atom. The van der Waals surface area contributed by atoms with Crippen LogP contribution in [0.3, 0.4) is 0 Å². The van der Waals surface area contributed by atoms with Crippen LogP contribution in [0.1, 0.15) is 55.3 Å². The lowest BCUT2D eigenvalue weighted by molar-refractivity contribution is 0.645. The fourth-order valence-electron chi connectivity index (χ4n) is 4.11. The van der Waals surface area contributed by atoms with Gasteiger partial charge in [0.05, 0.1) is 33.7 Å². The first-order valence-electron chi connectivity index (χ1n) is 9.22. The van der Waals surface area contributed by atoms with E-state index in [2.05, 4.69) is 35.9 Å². The molecule has 2 heterocycles. The maximum absolute atomic E-state index is 9.57. The normalized spacial score (nSPS) is 15.8. The third-order valence-electron chi connectivity index (χ3n) is 5.51. The van der Waals surface area contributed by atoms with E-state index in [1.54, 1.807) is 6.07 Å². The quantitative estimate of drug-likeness (QED) is 0.574. The van der Waals surface area contributed by atoms with Crippen LogP contribution < -0.4 is 5.32 Å². The summed E-state index contributed by atoms with van der Waals surface area (Å²) in [5.41, 5.74) is 4.63. The number of hydrogen-bond acceptors (Lipinski definition) is 3. The molecule has 0 spiro atoms. The van der Waals surface area contributed by atoms with Crippen molar-refractivity contribution in [3.05, 3.63) is 57.1 Å². The highest BCUT2D eigenvalue weighted by molar-refractivity contribution is 6.35. The molecule has 0 saturated carbocycles. The van der Waals surface area contributed by atoms with Crippen LogP contribution in [-0.2, 0) is 0 Å². The van der Waals surface area contributed by atoms with E-state index in [1.165, 1.54) is 5.56 Å². The molecule has 1 aliphatic rings. The van der Waals surface area contributed by atoms with E-state index in [4.69, 9.17) is 28.2 Å². The minimum atomic E-state index is -0.0497. The second-order valence-electron chi connectivity index (χ2n) is 6.89. The average molecular weight is 399 g/mol. The fraction of sp³-hybridized carbons (Fsp3) is 0.333. The van der Waals surface area contributed by atoms with Crippen molar-refractivity contribution in [2.75, 3.05) is 11.9 Å². The number of aromatic nitrogens is 2. The highest BCUT2D eigenvalue weighted by atomic mass is 35.5. The summed E-state index contributed by atoms with van der Waals surface area (Å²) in [7, 11) is 0. The van der Waals surface area contributed by atoms with Gasteiger partial charge in [0, 0.05) is 11.6 Å². The second-order valence-corrected chi connectivity index (χ2v) is 7.74. The minimum Gasteiger partial charge on any atom is -0.353 e. The largest absolute Gasteiger partial charge is 0.353 e. The van der Waals surface area contributed by atoms with Crippen LogP contribution in [-0.4, -0.2) is 16.1 Å². The van der Waals surface area contributed by atoms with Gasteiger partial charge in [-0.3, -0.25) is 4.57 Å². The van der Waals surface area contributed by atoms with Gasteiger partial charge in [-0.25, -0.2) is 4.98 Å². The monoisotopic (exact) mass is 398 g/mol. The van der Waals surface area contributed by atoms with Crippen LogP contribution in [0.5, 0.6) is 0 Å². The molecule has 1 N–H and O–H groups in total. The van der Waals surface area contributed by atoms with E-state index in [-0.39, 0.29) is 6.04 Å². The Morgan fingerprint density at radius 3 is 2.74 bits per heavy atom. The van der Waals surface area contributed by atoms with Crippen molar-refractivity contribution < 1.29 is 0 Å². The van der Waals surface area contributed by atoms with Crippen molar-refractivity contribution in [2.24, 2.45) is 0 Å². The van der Waals surface area contributed by atoms with Gasteiger partial charge in [-0.2, -0.15) is 5.26 Å². The summed E-state index contributed by atoms with van der Waals surface area (Å²) < 4.78 is 2.13. The predicted octanol–water partition coefficient (Wildman–Crippen LogP) is 6.13. The lowest BCUT2D eigenvalue weighted by atomic mass is 9.93. The smallest absolute Gasteiger partial charge is 0.204 e. The summed E-state index contributed by atoms with van der Waals surface area (Å²) in [6.07, 6.45) is 2.12. The average Bonchev–Trinajstić information content (AvgIpc) is 3.24. The number of rotatable bonds is 4. The zero-order valence-corrected chi connectivity index (χ0v) is 16.8. The maximum atomic E-state index is 9.57. The summed E-state index contributed by atoms with van der Waals surface area (Å²) in [5.74, 6) is 1.25. The van der Waals surface area contributed by atoms with Crippen LogP contribution >= 0.6 is 23.2 Å². The third kappa shape index (κ3) is 2.86. The zero-order valence-electron chi connectivity index (χ0n) is 15.3. The molecule has 0 aliphatic carbocycles. The van der Waals surface area contributed by atoms with Crippen molar-refractivity contribution in [2.45, 2.75) is 38.6 Å². The number of fused-ring (bicyclic) bond motifs is 3. The lowest BCUT2D eigenvalue weighted by Gasteiger charge is -2.18. The molecular formula is C21H20Cl2N4. The number of nitrogens with zero attached hydrogens (tertiary/aromatic N) is 3. The van der Waals surface area contributed by atoms with E-state index in [9.17, 15) is 5.26 Å². The molecule has 0 radical (unpaired) electrons. The highest BCUT2D eigenvalue weighted by Crippen LogP contribution is 2.41. The van der Waals surface area contributed by atoms with E-state index in [0.29, 0.717) is 28.1 Å². The lowest BCUT2D eigenvalue weighted by Crippen LogP contribution is -2.12. The Hall–Kier alpha value is -2.22. The maximum Gasteiger partial charge on any atom is 0.204 e. The molecule has 0 fully saturated rings. The zero-order chi connectivity index (χ0) is 19.1. The standard InChI is InChI=1S/C21H20Cl2N4/c1-3-12(4-2)16-7-8-17(23)20-19(16)26-21-25-11-18(27(20)21)15-6-5-14(22)9-13(15)10-24/h5-9,12,18H,3-4,11H2,1-2H3,(H,25,26). The number of nitrogens with one attached hydrogen (secondary N) is 1. The predicted molar refractivity (Wildman–Crippen MR) is 111 cm³/mol. The van der Waals surface area contributed by atoms with Gasteiger partial charge in [-0.15, -0.1) is 0 Å². The number of nitriles is 1. The number of benzene rings is 2. The third-order valence-corrected chi connectivity index (χ3v) is 6.05. The first-order valence-corrected chi connectivity index (χ1v) is 9.98. The molecule has 1 aliphatic heterocycles. The van der Waals surface area contributed by atoms with Crippen LogP contribution in [0.4, 0.5) is 5.95 Å². The summed E-state index contributed by atoms with van der Waals surface area (Å²) in [6, 6.07) is 11.7. The Balaban J connectivity index is 1.94. The van der Waals surface area contributed by atoms with E-state index >= 15 is 0 Å². The molecule has 4 rings (SSSR count). The van der Waals surface area contributed by atoms with Crippen LogP contribution in [0.15, 0.2) is 30.3 Å². The topological polar surface area (TPSA) is 53.6 Å². The Morgan fingerprint density at radius 2 is 2.04 bits per heavy atom. The Labute approximate surface area is 168 Å². The van der Waals surface area contributed by atoms with E-state index in [1.807, 2.05) is 18.2 Å². The van der Waals surface area contributed by atoms with Gasteiger partial charge in [-0.05, 0) is 48.1 Å². The van der Waals surface area contributed by atoms with Gasteiger partial charge in [0.25, 0.3) is 0 Å². The summed E-state index contributed by atoms with van der Waals surface area (Å²) in [4.78, 5) is 4.88. The van der Waals surface area contributed by atoms with Crippen LogP contribution in [0.25, 0.3) is 11.0 Å². The van der Waals surface area contributed by atoms with Gasteiger partial charge in [0.2, 0.25) is 5.95 Å². The van der Waals surface area contributed by atoms with Gasteiger partial charge in [-0.1, -0.05) is 49.2 Å². The Bertz CT molecular complexity index is 1060. The van der Waals surface area contributed by atoms with Gasteiger partial charge >= 0.3 is 0 Å². The van der Waals surface area contributed by atoms with Crippen molar-refractivity contribution in [1.29, 1.82) is 5.26 Å². The molecule has 3 aromatic rings. The minimum absolute atomic E-state index is 0.0497. The molecule has 1 atom stereocenters. The highest BCUT2D eigenvalue weighted by Gasteiger charge is 2.31. The van der Waals surface area contributed by atoms with Gasteiger partial charge in [0.15, 0.2) is 0 Å². The van der Waals surface area contributed by atoms with Crippen molar-refractivity contribution in [3.8, 4) is 6.07 Å². The van der Waals surface area contributed by atoms with E-state index in [0.717, 1.165) is 35.4 Å². The number of imidazole rings is 1. The molecule has 0 saturated heterocycles. The summed E-state index contributed by atoms with van der Waals surface area (Å²) in [6.45, 7) is 5.07. The van der Waals surface area contributed by atoms with Crippen LogP contribution in [0.2, 0.25) is 10.0 Å². The summed E-state index contributed by atoms with van der Waals surface area (Å²) in [5, 5.41) is 14.2. The molecule has 4 nitrogen and oxygen atoms in total. The van der Waals surface area contributed by atoms with Gasteiger partial charge < -0.3 is 5.32 Å². The molecule has 0 bridgehead atoms. The molecular weight excluding hydrogens is 379 g/mol. The molecule has 6 heteroatoms. The Kier molecular flexibility index (Phi) is 4.75. The molecule has 138 valence electrons. The van der Waals surface area contributed by atoms with Crippen LogP contribution in [0, 0.1) is 11.3 Å². The fourth-order valence-corrected chi connectivity index (χ4v) is 4.53. The SMILES string of the molecule is CCC(CC)c1ccc(Cl)c2c1nc1n2C(c2ccc(Cl)cc2C#N)CN1. The van der Waals surface area contributed by atoms with Crippen molar-refractivity contribution in [1.82, 2.24) is 9.55 Å². The first-order chi connectivity index (χ1) is 13.1. The number of halogens is 2. The summed E-state index contributed by atoms with van der Waals surface area (Å²) >= 11 is 12.7. The molecule has 0 amide bonds. The van der Waals surface area contributed by atoms with Gasteiger partial charge in [0.1, 0.15) is 0 Å². The number of hydrogen-bond donors (Lipinski definition) is 1. The molecule has 2 aromatic carbocycles. The molecule has 27 heavy (non-hydrogen) atoms. The second kappa shape index (κ2) is 7.07. The van der Waals surface area contributed by atoms with E-state index < -0.39 is 0 Å². The van der Waals surface area contributed by atoms with Crippen molar-refractivity contribution in [3.63, 3.8) is 0 Å². The number of anilines is 1. The molecule has 1 aromatic heterocycles. The van der Waals surface area contributed by atoms with Crippen molar-refractivity contribution >= 4 is 40.2 Å².